The van der Waals surface area contributed by atoms with Crippen LogP contribution >= 0.6 is 23.8 Å². The highest BCUT2D eigenvalue weighted by Gasteiger charge is 2.09. The summed E-state index contributed by atoms with van der Waals surface area (Å²) in [5.74, 6) is 1.02. The van der Waals surface area contributed by atoms with E-state index in [1.165, 1.54) is 25.7 Å². The third-order valence-electron chi connectivity index (χ3n) is 4.27. The summed E-state index contributed by atoms with van der Waals surface area (Å²) in [7, 11) is 1.54. The maximum absolute atomic E-state index is 12.4. The van der Waals surface area contributed by atoms with Gasteiger partial charge in [0.05, 0.1) is 18.7 Å². The summed E-state index contributed by atoms with van der Waals surface area (Å²) in [6, 6.07) is 12.2. The summed E-state index contributed by atoms with van der Waals surface area (Å²) in [5.41, 5.74) is 1.15. The van der Waals surface area contributed by atoms with Gasteiger partial charge in [-0.2, -0.15) is 0 Å². The molecule has 2 aromatic rings. The lowest BCUT2D eigenvalue weighted by Crippen LogP contribution is -2.34. The average Bonchev–Trinajstić information content (AvgIpc) is 2.71. The summed E-state index contributed by atoms with van der Waals surface area (Å²) in [4.78, 5) is 12.4. The molecule has 0 aliphatic rings. The Balaban J connectivity index is 1.79. The Bertz CT molecular complexity index is 812. The highest BCUT2D eigenvalue weighted by molar-refractivity contribution is 7.80. The van der Waals surface area contributed by atoms with Crippen molar-refractivity contribution >= 4 is 40.5 Å². The maximum Gasteiger partial charge on any atom is 0.257 e. The third kappa shape index (κ3) is 7.91. The van der Waals surface area contributed by atoms with Crippen LogP contribution in [0.1, 0.15) is 49.4 Å². The largest absolute Gasteiger partial charge is 0.495 e. The van der Waals surface area contributed by atoms with Gasteiger partial charge in [0.25, 0.3) is 5.91 Å². The molecule has 2 rings (SSSR count). The summed E-state index contributed by atoms with van der Waals surface area (Å²) >= 11 is 11.3. The minimum atomic E-state index is -0.298. The van der Waals surface area contributed by atoms with Gasteiger partial charge in [0.1, 0.15) is 11.5 Å². The van der Waals surface area contributed by atoms with Gasteiger partial charge in [-0.15, -0.1) is 0 Å². The first kappa shape index (κ1) is 23.0. The molecule has 0 fully saturated rings. The van der Waals surface area contributed by atoms with Crippen molar-refractivity contribution in [2.75, 3.05) is 19.0 Å². The Morgan fingerprint density at radius 3 is 2.45 bits per heavy atom. The topological polar surface area (TPSA) is 59.6 Å². The van der Waals surface area contributed by atoms with Gasteiger partial charge in [-0.3, -0.25) is 10.1 Å². The Morgan fingerprint density at radius 1 is 1.07 bits per heavy atom. The van der Waals surface area contributed by atoms with Crippen LogP contribution in [0.25, 0.3) is 0 Å². The molecule has 2 aromatic carbocycles. The second-order valence-corrected chi connectivity index (χ2v) is 7.36. The van der Waals surface area contributed by atoms with E-state index in [1.54, 1.807) is 49.6 Å². The van der Waals surface area contributed by atoms with Gasteiger partial charge < -0.3 is 14.8 Å². The van der Waals surface area contributed by atoms with E-state index >= 15 is 0 Å². The highest BCUT2D eigenvalue weighted by atomic mass is 35.5. The number of carbonyl (C=O) groups excluding carboxylic acids is 1. The van der Waals surface area contributed by atoms with Crippen molar-refractivity contribution in [3.63, 3.8) is 0 Å². The molecule has 0 radical (unpaired) electrons. The first-order valence-electron chi connectivity index (χ1n) is 9.72. The van der Waals surface area contributed by atoms with Crippen LogP contribution in [0.3, 0.4) is 0 Å². The molecular weight excluding hydrogens is 408 g/mol. The number of methoxy groups -OCH3 is 1. The number of benzene rings is 2. The molecule has 0 unspecified atom stereocenters. The molecule has 0 saturated carbocycles. The van der Waals surface area contributed by atoms with Crippen LogP contribution in [0.4, 0.5) is 5.69 Å². The molecule has 156 valence electrons. The number of carbonyl (C=O) groups is 1. The zero-order valence-corrected chi connectivity index (χ0v) is 18.4. The first-order valence-corrected chi connectivity index (χ1v) is 10.5. The lowest BCUT2D eigenvalue weighted by atomic mass is 10.2. The summed E-state index contributed by atoms with van der Waals surface area (Å²) < 4.78 is 10.8. The molecule has 0 bridgehead atoms. The van der Waals surface area contributed by atoms with Crippen LogP contribution in [0.15, 0.2) is 42.5 Å². The van der Waals surface area contributed by atoms with Gasteiger partial charge in [0.2, 0.25) is 0 Å². The van der Waals surface area contributed by atoms with Gasteiger partial charge in [-0.1, -0.05) is 44.2 Å². The number of thiocarbonyl (C=S) groups is 1. The van der Waals surface area contributed by atoms with E-state index in [1.807, 2.05) is 0 Å². The molecule has 2 N–H and O–H groups in total. The Kier molecular flexibility index (Phi) is 9.74. The van der Waals surface area contributed by atoms with E-state index in [2.05, 4.69) is 17.6 Å². The van der Waals surface area contributed by atoms with E-state index < -0.39 is 0 Å². The summed E-state index contributed by atoms with van der Waals surface area (Å²) in [6.07, 6.45) is 5.97. The monoisotopic (exact) mass is 434 g/mol. The second kappa shape index (κ2) is 12.3. The van der Waals surface area contributed by atoms with Crippen molar-refractivity contribution in [2.24, 2.45) is 0 Å². The van der Waals surface area contributed by atoms with Gasteiger partial charge >= 0.3 is 0 Å². The van der Waals surface area contributed by atoms with Gasteiger partial charge in [-0.25, -0.2) is 0 Å². The number of hydrogen-bond acceptors (Lipinski definition) is 4. The van der Waals surface area contributed by atoms with Crippen LogP contribution < -0.4 is 20.1 Å². The zero-order chi connectivity index (χ0) is 21.1. The molecule has 0 aromatic heterocycles. The van der Waals surface area contributed by atoms with Crippen molar-refractivity contribution in [1.82, 2.24) is 5.32 Å². The predicted molar refractivity (Wildman–Crippen MR) is 122 cm³/mol. The normalized spacial score (nSPS) is 10.3. The number of ether oxygens (including phenoxy) is 2. The summed E-state index contributed by atoms with van der Waals surface area (Å²) in [6.45, 7) is 2.89. The molecule has 1 amide bonds. The number of anilines is 1. The third-order valence-corrected chi connectivity index (χ3v) is 4.77. The Hall–Kier alpha value is -2.31. The van der Waals surface area contributed by atoms with Gasteiger partial charge in [-0.05, 0) is 61.1 Å². The van der Waals surface area contributed by atoms with Crippen LogP contribution in [0.2, 0.25) is 5.02 Å². The number of unbranched alkanes of at least 4 members (excludes halogenated alkanes) is 4. The lowest BCUT2D eigenvalue weighted by Gasteiger charge is -2.11. The number of nitrogens with one attached hydrogen (secondary N) is 2. The molecule has 29 heavy (non-hydrogen) atoms. The van der Waals surface area contributed by atoms with E-state index in [4.69, 9.17) is 33.3 Å². The van der Waals surface area contributed by atoms with Crippen molar-refractivity contribution in [3.05, 3.63) is 53.1 Å². The van der Waals surface area contributed by atoms with Crippen LogP contribution in [0.5, 0.6) is 11.5 Å². The minimum Gasteiger partial charge on any atom is -0.495 e. The van der Waals surface area contributed by atoms with Crippen LogP contribution in [0, 0.1) is 0 Å². The van der Waals surface area contributed by atoms with Crippen molar-refractivity contribution in [2.45, 2.75) is 39.0 Å². The molecule has 0 spiro atoms. The Morgan fingerprint density at radius 2 is 1.79 bits per heavy atom. The Labute approximate surface area is 182 Å². The predicted octanol–water partition coefficient (Wildman–Crippen LogP) is 5.82. The molecule has 0 heterocycles. The summed E-state index contributed by atoms with van der Waals surface area (Å²) in [5, 5.41) is 6.22. The standard InChI is InChI=1S/C22H27ClN2O3S/c1-3-4-5-6-7-14-28-18-11-8-16(9-12-18)21(26)25-22(29)24-17-10-13-20(27-2)19(23)15-17/h8-13,15H,3-7,14H2,1-2H3,(H2,24,25,26,29). The van der Waals surface area contributed by atoms with Crippen molar-refractivity contribution in [1.29, 1.82) is 0 Å². The number of hydrogen-bond donors (Lipinski definition) is 2. The van der Waals surface area contributed by atoms with Crippen molar-refractivity contribution < 1.29 is 14.3 Å². The zero-order valence-electron chi connectivity index (χ0n) is 16.8. The minimum absolute atomic E-state index is 0.184. The molecular formula is C22H27ClN2O3S. The second-order valence-electron chi connectivity index (χ2n) is 6.54. The molecule has 0 saturated heterocycles. The smallest absolute Gasteiger partial charge is 0.257 e. The van der Waals surface area contributed by atoms with Crippen molar-refractivity contribution in [3.8, 4) is 11.5 Å². The molecule has 5 nitrogen and oxygen atoms in total. The fraction of sp³-hybridized carbons (Fsp3) is 0.364. The van der Waals surface area contributed by atoms with Crippen LogP contribution in [-0.2, 0) is 0 Å². The SMILES string of the molecule is CCCCCCCOc1ccc(C(=O)NC(=S)Nc2ccc(OC)c(Cl)c2)cc1. The average molecular weight is 435 g/mol. The fourth-order valence-electron chi connectivity index (χ4n) is 2.68. The van der Waals surface area contributed by atoms with E-state index in [9.17, 15) is 4.79 Å². The maximum atomic E-state index is 12.4. The molecule has 0 aliphatic heterocycles. The van der Waals surface area contributed by atoms with E-state index in [0.717, 1.165) is 12.2 Å². The van der Waals surface area contributed by atoms with E-state index in [-0.39, 0.29) is 11.0 Å². The van der Waals surface area contributed by atoms with Gasteiger partial charge in [0.15, 0.2) is 5.11 Å². The fourth-order valence-corrected chi connectivity index (χ4v) is 3.15. The first-order chi connectivity index (χ1) is 14.0. The van der Waals surface area contributed by atoms with Gasteiger partial charge in [0, 0.05) is 11.3 Å². The molecule has 0 aliphatic carbocycles. The van der Waals surface area contributed by atoms with Crippen LogP contribution in [-0.4, -0.2) is 24.7 Å². The highest BCUT2D eigenvalue weighted by Crippen LogP contribution is 2.27. The quantitative estimate of drug-likeness (QED) is 0.364. The van der Waals surface area contributed by atoms with E-state index in [0.29, 0.717) is 28.6 Å². The number of amides is 1. The molecule has 0 atom stereocenters. The molecule has 7 heteroatoms. The number of rotatable bonds is 10. The lowest BCUT2D eigenvalue weighted by molar-refractivity contribution is 0.0977. The number of halogens is 1.